The number of hydrogen-bond donors (Lipinski definition) is 1. The van der Waals surface area contributed by atoms with Gasteiger partial charge in [0.05, 0.1) is 5.57 Å². The number of rotatable bonds is 5. The second-order valence-electron chi connectivity index (χ2n) is 5.32. The minimum atomic E-state index is -0.349. The van der Waals surface area contributed by atoms with Crippen LogP contribution in [0.25, 0.3) is 5.57 Å². The number of carbonyl (C=O) groups is 2. The van der Waals surface area contributed by atoms with Gasteiger partial charge < -0.3 is 5.32 Å². The van der Waals surface area contributed by atoms with Gasteiger partial charge in [-0.2, -0.15) is 0 Å². The molecule has 2 aromatic rings. The zero-order valence-electron chi connectivity index (χ0n) is 13.0. The maximum atomic E-state index is 12.7. The molecule has 0 radical (unpaired) electrons. The standard InChI is InChI=1S/C18H15ClN2O2S/c1-3-8-21-17(22)15(14-5-4-9-24-14)16(18(21)23)20-13-7-6-12(19)10-11(13)2/h3-7,9-10,20H,1,8H2,2H3. The van der Waals surface area contributed by atoms with E-state index in [2.05, 4.69) is 11.9 Å². The number of benzene rings is 1. The van der Waals surface area contributed by atoms with E-state index in [-0.39, 0.29) is 24.1 Å². The molecule has 24 heavy (non-hydrogen) atoms. The molecule has 1 aromatic carbocycles. The van der Waals surface area contributed by atoms with Gasteiger partial charge in [-0.25, -0.2) is 0 Å². The number of imide groups is 1. The quantitative estimate of drug-likeness (QED) is 0.647. The molecule has 1 aromatic heterocycles. The number of halogens is 1. The lowest BCUT2D eigenvalue weighted by atomic mass is 10.1. The van der Waals surface area contributed by atoms with Crippen LogP contribution >= 0.6 is 22.9 Å². The number of nitrogens with zero attached hydrogens (tertiary/aromatic N) is 1. The Balaban J connectivity index is 2.07. The van der Waals surface area contributed by atoms with E-state index < -0.39 is 0 Å². The topological polar surface area (TPSA) is 49.4 Å². The van der Waals surface area contributed by atoms with E-state index in [1.54, 1.807) is 24.3 Å². The lowest BCUT2D eigenvalue weighted by Crippen LogP contribution is -2.32. The van der Waals surface area contributed by atoms with E-state index in [0.717, 1.165) is 16.1 Å². The molecule has 122 valence electrons. The first-order chi connectivity index (χ1) is 11.5. The molecular formula is C18H15ClN2O2S. The number of amides is 2. The van der Waals surface area contributed by atoms with E-state index in [1.807, 2.05) is 24.4 Å². The van der Waals surface area contributed by atoms with Crippen LogP contribution in [-0.2, 0) is 9.59 Å². The summed E-state index contributed by atoms with van der Waals surface area (Å²) in [5.41, 5.74) is 2.31. The number of anilines is 1. The summed E-state index contributed by atoms with van der Waals surface area (Å²) >= 11 is 7.40. The molecule has 1 N–H and O–H groups in total. The summed E-state index contributed by atoms with van der Waals surface area (Å²) in [7, 11) is 0. The zero-order chi connectivity index (χ0) is 17.3. The van der Waals surface area contributed by atoms with Crippen molar-refractivity contribution in [1.82, 2.24) is 4.90 Å². The van der Waals surface area contributed by atoms with E-state index in [1.165, 1.54) is 16.2 Å². The average molecular weight is 359 g/mol. The Morgan fingerprint density at radius 2 is 2.08 bits per heavy atom. The molecular weight excluding hydrogens is 344 g/mol. The number of aryl methyl sites for hydroxylation is 1. The third kappa shape index (κ3) is 2.88. The summed E-state index contributed by atoms with van der Waals surface area (Å²) < 4.78 is 0. The smallest absolute Gasteiger partial charge is 0.278 e. The average Bonchev–Trinajstić information content (AvgIpc) is 3.13. The Morgan fingerprint density at radius 3 is 2.71 bits per heavy atom. The molecule has 0 saturated carbocycles. The number of hydrogen-bond acceptors (Lipinski definition) is 4. The summed E-state index contributed by atoms with van der Waals surface area (Å²) in [6.07, 6.45) is 1.54. The van der Waals surface area contributed by atoms with Crippen molar-refractivity contribution in [3.05, 3.63) is 69.5 Å². The predicted molar refractivity (Wildman–Crippen MR) is 98.0 cm³/mol. The van der Waals surface area contributed by atoms with Gasteiger partial charge in [0.1, 0.15) is 5.70 Å². The summed E-state index contributed by atoms with van der Waals surface area (Å²) in [4.78, 5) is 27.3. The molecule has 0 saturated heterocycles. The van der Waals surface area contributed by atoms with E-state index in [0.29, 0.717) is 10.6 Å². The Labute approximate surface area is 149 Å². The van der Waals surface area contributed by atoms with Gasteiger partial charge >= 0.3 is 0 Å². The summed E-state index contributed by atoms with van der Waals surface area (Å²) in [6.45, 7) is 5.69. The molecule has 0 spiro atoms. The van der Waals surface area contributed by atoms with Crippen molar-refractivity contribution in [1.29, 1.82) is 0 Å². The van der Waals surface area contributed by atoms with Gasteiger partial charge in [0, 0.05) is 22.1 Å². The molecule has 0 fully saturated rings. The summed E-state index contributed by atoms with van der Waals surface area (Å²) in [6, 6.07) is 9.03. The third-order valence-electron chi connectivity index (χ3n) is 3.70. The van der Waals surface area contributed by atoms with E-state index in [4.69, 9.17) is 11.6 Å². The molecule has 0 bridgehead atoms. The Kier molecular flexibility index (Phi) is 4.55. The lowest BCUT2D eigenvalue weighted by molar-refractivity contribution is -0.136. The van der Waals surface area contributed by atoms with E-state index in [9.17, 15) is 9.59 Å². The van der Waals surface area contributed by atoms with Gasteiger partial charge in [-0.05, 0) is 42.1 Å². The Bertz CT molecular complexity index is 856. The Morgan fingerprint density at radius 1 is 1.29 bits per heavy atom. The van der Waals surface area contributed by atoms with Crippen molar-refractivity contribution in [3.8, 4) is 0 Å². The fourth-order valence-electron chi connectivity index (χ4n) is 2.54. The van der Waals surface area contributed by atoms with Crippen LogP contribution in [-0.4, -0.2) is 23.3 Å². The first-order valence-electron chi connectivity index (χ1n) is 7.31. The van der Waals surface area contributed by atoms with E-state index >= 15 is 0 Å². The molecule has 1 aliphatic heterocycles. The first-order valence-corrected chi connectivity index (χ1v) is 8.57. The highest BCUT2D eigenvalue weighted by Gasteiger charge is 2.39. The van der Waals surface area contributed by atoms with Crippen LogP contribution in [0.3, 0.4) is 0 Å². The summed E-state index contributed by atoms with van der Waals surface area (Å²) in [5, 5.41) is 5.62. The summed E-state index contributed by atoms with van der Waals surface area (Å²) in [5.74, 6) is -0.658. The molecule has 6 heteroatoms. The second kappa shape index (κ2) is 6.63. The lowest BCUT2D eigenvalue weighted by Gasteiger charge is -2.13. The largest absolute Gasteiger partial charge is 0.350 e. The fraction of sp³-hybridized carbons (Fsp3) is 0.111. The highest BCUT2D eigenvalue weighted by atomic mass is 35.5. The highest BCUT2D eigenvalue weighted by Crippen LogP contribution is 2.33. The van der Waals surface area contributed by atoms with Crippen molar-refractivity contribution in [2.24, 2.45) is 0 Å². The van der Waals surface area contributed by atoms with Gasteiger partial charge in [-0.15, -0.1) is 17.9 Å². The normalized spacial score (nSPS) is 14.5. The van der Waals surface area contributed by atoms with Gasteiger partial charge in [0.25, 0.3) is 11.8 Å². The van der Waals surface area contributed by atoms with Gasteiger partial charge in [0.2, 0.25) is 0 Å². The van der Waals surface area contributed by atoms with Crippen LogP contribution < -0.4 is 5.32 Å². The van der Waals surface area contributed by atoms with Crippen molar-refractivity contribution < 1.29 is 9.59 Å². The number of thiophene rings is 1. The minimum Gasteiger partial charge on any atom is -0.350 e. The maximum absolute atomic E-state index is 12.7. The molecule has 1 aliphatic rings. The van der Waals surface area contributed by atoms with Crippen LogP contribution in [0.4, 0.5) is 5.69 Å². The van der Waals surface area contributed by atoms with Gasteiger partial charge in [-0.1, -0.05) is 23.7 Å². The van der Waals surface area contributed by atoms with Crippen LogP contribution in [0.1, 0.15) is 10.4 Å². The minimum absolute atomic E-state index is 0.178. The second-order valence-corrected chi connectivity index (χ2v) is 6.71. The highest BCUT2D eigenvalue weighted by molar-refractivity contribution is 7.11. The fourth-order valence-corrected chi connectivity index (χ4v) is 3.53. The maximum Gasteiger partial charge on any atom is 0.278 e. The third-order valence-corrected chi connectivity index (χ3v) is 4.82. The van der Waals surface area contributed by atoms with Crippen LogP contribution in [0, 0.1) is 6.92 Å². The number of carbonyl (C=O) groups excluding carboxylic acids is 2. The number of nitrogens with one attached hydrogen (secondary N) is 1. The van der Waals surface area contributed by atoms with Crippen LogP contribution in [0.15, 0.2) is 54.1 Å². The first kappa shape index (κ1) is 16.5. The van der Waals surface area contributed by atoms with Crippen LogP contribution in [0.5, 0.6) is 0 Å². The van der Waals surface area contributed by atoms with Crippen molar-refractivity contribution in [2.45, 2.75) is 6.92 Å². The molecule has 0 atom stereocenters. The molecule has 4 nitrogen and oxygen atoms in total. The van der Waals surface area contributed by atoms with Crippen LogP contribution in [0.2, 0.25) is 5.02 Å². The van der Waals surface area contributed by atoms with Gasteiger partial charge in [-0.3, -0.25) is 14.5 Å². The molecule has 0 unspecified atom stereocenters. The molecule has 2 heterocycles. The Hall–Kier alpha value is -2.37. The SMILES string of the molecule is C=CCN1C(=O)C(Nc2ccc(Cl)cc2C)=C(c2cccs2)C1=O. The van der Waals surface area contributed by atoms with Crippen molar-refractivity contribution >= 4 is 46.0 Å². The molecule has 2 amide bonds. The molecule has 3 rings (SSSR count). The monoisotopic (exact) mass is 358 g/mol. The molecule has 0 aliphatic carbocycles. The van der Waals surface area contributed by atoms with Crippen molar-refractivity contribution in [3.63, 3.8) is 0 Å². The zero-order valence-corrected chi connectivity index (χ0v) is 14.6. The predicted octanol–water partition coefficient (Wildman–Crippen LogP) is 4.09. The van der Waals surface area contributed by atoms with Gasteiger partial charge in [0.15, 0.2) is 0 Å². The van der Waals surface area contributed by atoms with Crippen molar-refractivity contribution in [2.75, 3.05) is 11.9 Å².